The fourth-order valence-corrected chi connectivity index (χ4v) is 3.28. The van der Waals surface area contributed by atoms with E-state index in [4.69, 9.17) is 0 Å². The van der Waals surface area contributed by atoms with Crippen LogP contribution >= 0.6 is 11.3 Å². The number of hydrogen-bond acceptors (Lipinski definition) is 4. The predicted molar refractivity (Wildman–Crippen MR) is 91.6 cm³/mol. The van der Waals surface area contributed by atoms with E-state index in [0.717, 1.165) is 22.0 Å². The molecule has 4 nitrogen and oxygen atoms in total. The molecule has 0 unspecified atom stereocenters. The van der Waals surface area contributed by atoms with Crippen molar-refractivity contribution in [1.82, 2.24) is 15.3 Å². The standard InChI is InChI=1S/C18H17N3OS/c1-12-17(23-13(2)20-12)18(22)21-16(14-8-4-3-5-9-14)15-10-6-7-11-19-15/h3-11,16H,1-2H3,(H,21,22)/t16-/m0/s1. The second-order valence-electron chi connectivity index (χ2n) is 5.22. The fourth-order valence-electron chi connectivity index (χ4n) is 2.46. The molecule has 0 aliphatic carbocycles. The maximum Gasteiger partial charge on any atom is 0.264 e. The van der Waals surface area contributed by atoms with Gasteiger partial charge in [-0.2, -0.15) is 0 Å². The van der Waals surface area contributed by atoms with E-state index in [1.807, 2.05) is 62.4 Å². The minimum Gasteiger partial charge on any atom is -0.339 e. The predicted octanol–water partition coefficient (Wildman–Crippen LogP) is 3.67. The summed E-state index contributed by atoms with van der Waals surface area (Å²) in [5, 5.41) is 3.98. The summed E-state index contributed by atoms with van der Waals surface area (Å²) in [6, 6.07) is 15.3. The van der Waals surface area contributed by atoms with Gasteiger partial charge < -0.3 is 5.32 Å². The number of thiazole rings is 1. The van der Waals surface area contributed by atoms with E-state index in [1.54, 1.807) is 6.20 Å². The topological polar surface area (TPSA) is 54.9 Å². The number of rotatable bonds is 4. The van der Waals surface area contributed by atoms with Gasteiger partial charge in [-0.1, -0.05) is 36.4 Å². The van der Waals surface area contributed by atoms with Gasteiger partial charge in [0.15, 0.2) is 0 Å². The Bertz CT molecular complexity index is 760. The highest BCUT2D eigenvalue weighted by Crippen LogP contribution is 2.23. The SMILES string of the molecule is Cc1nc(C)c(C(=O)N[C@@H](c2ccccc2)c2ccccn2)s1. The second-order valence-corrected chi connectivity index (χ2v) is 6.42. The van der Waals surface area contributed by atoms with E-state index in [2.05, 4.69) is 15.3 Å². The van der Waals surface area contributed by atoms with Crippen LogP contribution in [0.1, 0.15) is 37.7 Å². The molecular weight excluding hydrogens is 306 g/mol. The zero-order valence-corrected chi connectivity index (χ0v) is 13.8. The molecule has 0 radical (unpaired) electrons. The molecule has 0 aliphatic heterocycles. The van der Waals surface area contributed by atoms with Crippen LogP contribution in [0.15, 0.2) is 54.7 Å². The van der Waals surface area contributed by atoms with Crippen LogP contribution < -0.4 is 5.32 Å². The molecule has 0 saturated heterocycles. The van der Waals surface area contributed by atoms with Crippen molar-refractivity contribution in [3.8, 4) is 0 Å². The molecule has 0 spiro atoms. The van der Waals surface area contributed by atoms with Crippen LogP contribution in [-0.2, 0) is 0 Å². The Morgan fingerprint density at radius 2 is 1.83 bits per heavy atom. The third kappa shape index (κ3) is 3.46. The van der Waals surface area contributed by atoms with Crippen LogP contribution in [0.4, 0.5) is 0 Å². The lowest BCUT2D eigenvalue weighted by Crippen LogP contribution is -2.29. The molecule has 5 heteroatoms. The summed E-state index contributed by atoms with van der Waals surface area (Å²) in [5.41, 5.74) is 2.57. The second kappa shape index (κ2) is 6.71. The molecule has 3 rings (SSSR count). The van der Waals surface area contributed by atoms with Crippen LogP contribution in [0.25, 0.3) is 0 Å². The van der Waals surface area contributed by atoms with Crippen molar-refractivity contribution in [2.45, 2.75) is 19.9 Å². The number of nitrogens with zero attached hydrogens (tertiary/aromatic N) is 2. The number of pyridine rings is 1. The van der Waals surface area contributed by atoms with Crippen molar-refractivity contribution in [3.05, 3.63) is 81.6 Å². The highest BCUT2D eigenvalue weighted by molar-refractivity contribution is 7.13. The first kappa shape index (κ1) is 15.4. The first-order chi connectivity index (χ1) is 11.1. The van der Waals surface area contributed by atoms with Gasteiger partial charge >= 0.3 is 0 Å². The van der Waals surface area contributed by atoms with Gasteiger partial charge in [0.05, 0.1) is 22.4 Å². The highest BCUT2D eigenvalue weighted by Gasteiger charge is 2.21. The van der Waals surface area contributed by atoms with Crippen molar-refractivity contribution < 1.29 is 4.79 Å². The van der Waals surface area contributed by atoms with Crippen molar-refractivity contribution >= 4 is 17.2 Å². The number of carbonyl (C=O) groups excluding carboxylic acids is 1. The summed E-state index contributed by atoms with van der Waals surface area (Å²) >= 11 is 1.41. The van der Waals surface area contributed by atoms with E-state index >= 15 is 0 Å². The number of aryl methyl sites for hydroxylation is 2. The summed E-state index contributed by atoms with van der Waals surface area (Å²) in [7, 11) is 0. The zero-order chi connectivity index (χ0) is 16.2. The maximum atomic E-state index is 12.7. The third-order valence-corrected chi connectivity index (χ3v) is 4.57. The van der Waals surface area contributed by atoms with Gasteiger partial charge in [0.2, 0.25) is 0 Å². The van der Waals surface area contributed by atoms with Crippen molar-refractivity contribution in [1.29, 1.82) is 0 Å². The van der Waals surface area contributed by atoms with Crippen LogP contribution in [0.3, 0.4) is 0 Å². The number of aromatic nitrogens is 2. The minimum absolute atomic E-state index is 0.118. The third-order valence-electron chi connectivity index (χ3n) is 3.50. The Balaban J connectivity index is 1.93. The zero-order valence-electron chi connectivity index (χ0n) is 13.0. The largest absolute Gasteiger partial charge is 0.339 e. The Morgan fingerprint density at radius 3 is 2.43 bits per heavy atom. The first-order valence-corrected chi connectivity index (χ1v) is 8.17. The van der Waals surface area contributed by atoms with Gasteiger partial charge in [-0.05, 0) is 31.5 Å². The summed E-state index contributed by atoms with van der Waals surface area (Å²) in [5.74, 6) is -0.118. The Hall–Kier alpha value is -2.53. The molecule has 1 N–H and O–H groups in total. The lowest BCUT2D eigenvalue weighted by molar-refractivity contribution is 0.0945. The summed E-state index contributed by atoms with van der Waals surface area (Å²) < 4.78 is 0. The quantitative estimate of drug-likeness (QED) is 0.797. The molecule has 0 bridgehead atoms. The molecule has 23 heavy (non-hydrogen) atoms. The van der Waals surface area contributed by atoms with Crippen LogP contribution in [-0.4, -0.2) is 15.9 Å². The molecule has 3 aromatic rings. The van der Waals surface area contributed by atoms with Gasteiger partial charge in [-0.15, -0.1) is 11.3 Å². The van der Waals surface area contributed by atoms with Gasteiger partial charge in [0, 0.05) is 6.20 Å². The van der Waals surface area contributed by atoms with E-state index in [1.165, 1.54) is 11.3 Å². The lowest BCUT2D eigenvalue weighted by Gasteiger charge is -2.18. The summed E-state index contributed by atoms with van der Waals surface area (Å²) in [6.45, 7) is 3.76. The van der Waals surface area contributed by atoms with Crippen LogP contribution in [0.2, 0.25) is 0 Å². The Morgan fingerprint density at radius 1 is 1.09 bits per heavy atom. The molecule has 1 aromatic carbocycles. The smallest absolute Gasteiger partial charge is 0.264 e. The average molecular weight is 323 g/mol. The normalized spacial score (nSPS) is 11.9. The molecular formula is C18H17N3OS. The van der Waals surface area contributed by atoms with Crippen LogP contribution in [0, 0.1) is 13.8 Å². The first-order valence-electron chi connectivity index (χ1n) is 7.36. The summed E-state index contributed by atoms with van der Waals surface area (Å²) in [4.78, 5) is 22.0. The van der Waals surface area contributed by atoms with Gasteiger partial charge in [-0.3, -0.25) is 9.78 Å². The summed E-state index contributed by atoms with van der Waals surface area (Å²) in [6.07, 6.45) is 1.74. The van der Waals surface area contributed by atoms with Crippen LogP contribution in [0.5, 0.6) is 0 Å². The van der Waals surface area contributed by atoms with Crippen molar-refractivity contribution in [3.63, 3.8) is 0 Å². The molecule has 2 heterocycles. The monoisotopic (exact) mass is 323 g/mol. The molecule has 0 fully saturated rings. The molecule has 0 aliphatic rings. The number of nitrogens with one attached hydrogen (secondary N) is 1. The lowest BCUT2D eigenvalue weighted by atomic mass is 10.0. The number of hydrogen-bond donors (Lipinski definition) is 1. The van der Waals surface area contributed by atoms with Crippen molar-refractivity contribution in [2.24, 2.45) is 0 Å². The number of carbonyl (C=O) groups is 1. The maximum absolute atomic E-state index is 12.7. The molecule has 0 saturated carbocycles. The molecule has 1 atom stereocenters. The van der Waals surface area contributed by atoms with E-state index in [0.29, 0.717) is 4.88 Å². The Kier molecular flexibility index (Phi) is 4.48. The number of amides is 1. The molecule has 1 amide bonds. The van der Waals surface area contributed by atoms with Gasteiger partial charge in [-0.25, -0.2) is 4.98 Å². The fraction of sp³-hybridized carbons (Fsp3) is 0.167. The highest BCUT2D eigenvalue weighted by atomic mass is 32.1. The Labute approximate surface area is 139 Å². The van der Waals surface area contributed by atoms with E-state index in [9.17, 15) is 4.79 Å². The number of benzene rings is 1. The minimum atomic E-state index is -0.285. The average Bonchev–Trinajstić information content (AvgIpc) is 2.92. The van der Waals surface area contributed by atoms with E-state index < -0.39 is 0 Å². The molecule has 116 valence electrons. The van der Waals surface area contributed by atoms with Crippen molar-refractivity contribution in [2.75, 3.05) is 0 Å². The van der Waals surface area contributed by atoms with Gasteiger partial charge in [0.25, 0.3) is 5.91 Å². The van der Waals surface area contributed by atoms with Gasteiger partial charge in [0.1, 0.15) is 4.88 Å². The molecule has 2 aromatic heterocycles. The van der Waals surface area contributed by atoms with E-state index in [-0.39, 0.29) is 11.9 Å².